The lowest BCUT2D eigenvalue weighted by Crippen LogP contribution is -1.92. The first-order chi connectivity index (χ1) is 7.65. The van der Waals surface area contributed by atoms with Gasteiger partial charge in [-0.1, -0.05) is 11.6 Å². The van der Waals surface area contributed by atoms with E-state index in [9.17, 15) is 0 Å². The molecular weight excluding hydrogens is 226 g/mol. The summed E-state index contributed by atoms with van der Waals surface area (Å²) in [7, 11) is 0. The summed E-state index contributed by atoms with van der Waals surface area (Å²) < 4.78 is 5.46. The summed E-state index contributed by atoms with van der Waals surface area (Å²) in [6, 6.07) is 8.61. The molecule has 0 radical (unpaired) electrons. The number of anilines is 1. The monoisotopic (exact) mass is 235 g/mol. The maximum absolute atomic E-state index is 5.86. The number of nitrogens with two attached hydrogens (primary N) is 1. The number of halogens is 1. The summed E-state index contributed by atoms with van der Waals surface area (Å²) in [6.07, 6.45) is 0. The summed E-state index contributed by atoms with van der Waals surface area (Å²) in [4.78, 5) is 0. The van der Waals surface area contributed by atoms with E-state index in [0.717, 1.165) is 5.69 Å². The molecule has 0 aliphatic heterocycles. The molecule has 0 saturated carbocycles. The van der Waals surface area contributed by atoms with E-state index in [1.165, 1.54) is 0 Å². The van der Waals surface area contributed by atoms with Crippen LogP contribution >= 0.6 is 11.6 Å². The van der Waals surface area contributed by atoms with Crippen LogP contribution in [0.3, 0.4) is 0 Å². The molecule has 4 nitrogen and oxygen atoms in total. The molecule has 2 rings (SSSR count). The quantitative estimate of drug-likeness (QED) is 0.813. The molecule has 0 aliphatic carbocycles. The fraction of sp³-hybridized carbons (Fsp3) is 0.0909. The Hall–Kier alpha value is -1.81. The van der Waals surface area contributed by atoms with Gasteiger partial charge in [0.25, 0.3) is 0 Å². The third-order valence-electron chi connectivity index (χ3n) is 1.97. The number of aromatic nitrogens is 2. The lowest BCUT2D eigenvalue weighted by molar-refractivity contribution is 0.454. The molecule has 0 bridgehead atoms. The number of ether oxygens (including phenoxy) is 1. The van der Waals surface area contributed by atoms with Gasteiger partial charge in [-0.25, -0.2) is 0 Å². The summed E-state index contributed by atoms with van der Waals surface area (Å²) in [5.41, 5.74) is 6.94. The molecule has 1 heterocycles. The van der Waals surface area contributed by atoms with Crippen LogP contribution in [0.2, 0.25) is 5.02 Å². The molecule has 1 aromatic heterocycles. The number of hydrogen-bond acceptors (Lipinski definition) is 4. The van der Waals surface area contributed by atoms with Crippen molar-refractivity contribution in [3.63, 3.8) is 0 Å². The highest BCUT2D eigenvalue weighted by Crippen LogP contribution is 2.26. The van der Waals surface area contributed by atoms with Crippen LogP contribution in [-0.4, -0.2) is 10.2 Å². The first-order valence-electron chi connectivity index (χ1n) is 4.68. The Morgan fingerprint density at radius 1 is 1.19 bits per heavy atom. The molecule has 16 heavy (non-hydrogen) atoms. The molecule has 5 heteroatoms. The number of benzene rings is 1. The number of aryl methyl sites for hydroxylation is 1. The molecule has 2 aromatic rings. The van der Waals surface area contributed by atoms with Crippen LogP contribution in [0.5, 0.6) is 11.6 Å². The second-order valence-corrected chi connectivity index (χ2v) is 3.71. The maximum atomic E-state index is 5.86. The summed E-state index contributed by atoms with van der Waals surface area (Å²) in [6.45, 7) is 1.86. The third kappa shape index (κ3) is 2.41. The van der Waals surface area contributed by atoms with Crippen molar-refractivity contribution in [3.05, 3.63) is 41.0 Å². The van der Waals surface area contributed by atoms with Crippen molar-refractivity contribution < 1.29 is 4.74 Å². The van der Waals surface area contributed by atoms with E-state index in [1.807, 2.05) is 13.0 Å². The van der Waals surface area contributed by atoms with Gasteiger partial charge in [-0.2, -0.15) is 5.10 Å². The van der Waals surface area contributed by atoms with Crippen LogP contribution in [0, 0.1) is 6.92 Å². The molecule has 0 aliphatic rings. The zero-order chi connectivity index (χ0) is 11.5. The SMILES string of the molecule is Cc1ccc(Oc2ccc(N)c(Cl)c2)nn1. The molecule has 82 valence electrons. The first-order valence-corrected chi connectivity index (χ1v) is 5.06. The van der Waals surface area contributed by atoms with E-state index in [-0.39, 0.29) is 0 Å². The Morgan fingerprint density at radius 2 is 2.00 bits per heavy atom. The van der Waals surface area contributed by atoms with E-state index in [0.29, 0.717) is 22.3 Å². The summed E-state index contributed by atoms with van der Waals surface area (Å²) in [5, 5.41) is 8.22. The van der Waals surface area contributed by atoms with Crippen molar-refractivity contribution in [2.75, 3.05) is 5.73 Å². The Kier molecular flexibility index (Phi) is 2.92. The lowest BCUT2D eigenvalue weighted by atomic mass is 10.3. The predicted molar refractivity (Wildman–Crippen MR) is 62.7 cm³/mol. The number of nitrogen functional groups attached to an aromatic ring is 1. The normalized spacial score (nSPS) is 10.1. The Balaban J connectivity index is 2.20. The minimum absolute atomic E-state index is 0.423. The topological polar surface area (TPSA) is 61.0 Å². The number of rotatable bonds is 2. The van der Waals surface area contributed by atoms with Gasteiger partial charge in [0.05, 0.1) is 16.4 Å². The van der Waals surface area contributed by atoms with E-state index < -0.39 is 0 Å². The van der Waals surface area contributed by atoms with Gasteiger partial charge in [0.2, 0.25) is 5.88 Å². The minimum Gasteiger partial charge on any atom is -0.437 e. The zero-order valence-corrected chi connectivity index (χ0v) is 9.40. The Labute approximate surface area is 98.0 Å². The van der Waals surface area contributed by atoms with Crippen molar-refractivity contribution in [1.82, 2.24) is 10.2 Å². The second-order valence-electron chi connectivity index (χ2n) is 3.30. The van der Waals surface area contributed by atoms with E-state index >= 15 is 0 Å². The highest BCUT2D eigenvalue weighted by atomic mass is 35.5. The van der Waals surface area contributed by atoms with Gasteiger partial charge in [0.15, 0.2) is 0 Å². The van der Waals surface area contributed by atoms with E-state index in [4.69, 9.17) is 22.1 Å². The van der Waals surface area contributed by atoms with Gasteiger partial charge < -0.3 is 10.5 Å². The van der Waals surface area contributed by atoms with Crippen molar-refractivity contribution in [2.45, 2.75) is 6.92 Å². The first kappa shape index (κ1) is 10.7. The van der Waals surface area contributed by atoms with Crippen molar-refractivity contribution >= 4 is 17.3 Å². The standard InChI is InChI=1S/C11H10ClN3O/c1-7-2-5-11(15-14-7)16-8-3-4-10(13)9(12)6-8/h2-6H,13H2,1H3. The highest BCUT2D eigenvalue weighted by molar-refractivity contribution is 6.33. The van der Waals surface area contributed by atoms with Gasteiger partial charge in [0.1, 0.15) is 5.75 Å². The minimum atomic E-state index is 0.423. The third-order valence-corrected chi connectivity index (χ3v) is 2.30. The average Bonchev–Trinajstić information content (AvgIpc) is 2.27. The van der Waals surface area contributed by atoms with E-state index in [1.54, 1.807) is 24.3 Å². The van der Waals surface area contributed by atoms with Crippen molar-refractivity contribution in [3.8, 4) is 11.6 Å². The Morgan fingerprint density at radius 3 is 2.62 bits per heavy atom. The molecule has 1 aromatic carbocycles. The Bertz CT molecular complexity index is 499. The lowest BCUT2D eigenvalue weighted by Gasteiger charge is -2.05. The fourth-order valence-corrected chi connectivity index (χ4v) is 1.30. The summed E-state index contributed by atoms with van der Waals surface area (Å²) >= 11 is 5.86. The van der Waals surface area contributed by atoms with Crippen LogP contribution in [0.4, 0.5) is 5.69 Å². The van der Waals surface area contributed by atoms with Crippen LogP contribution < -0.4 is 10.5 Å². The average molecular weight is 236 g/mol. The van der Waals surface area contributed by atoms with Crippen LogP contribution in [0.1, 0.15) is 5.69 Å². The van der Waals surface area contributed by atoms with Gasteiger partial charge in [-0.15, -0.1) is 5.10 Å². The largest absolute Gasteiger partial charge is 0.437 e. The molecule has 0 fully saturated rings. The molecular formula is C11H10ClN3O. The van der Waals surface area contributed by atoms with E-state index in [2.05, 4.69) is 10.2 Å². The van der Waals surface area contributed by atoms with Crippen molar-refractivity contribution in [2.24, 2.45) is 0 Å². The number of nitrogens with zero attached hydrogens (tertiary/aromatic N) is 2. The van der Waals surface area contributed by atoms with Gasteiger partial charge in [-0.3, -0.25) is 0 Å². The molecule has 0 unspecified atom stereocenters. The molecule has 2 N–H and O–H groups in total. The predicted octanol–water partition coefficient (Wildman–Crippen LogP) is 2.81. The zero-order valence-electron chi connectivity index (χ0n) is 8.64. The fourth-order valence-electron chi connectivity index (χ4n) is 1.13. The summed E-state index contributed by atoms with van der Waals surface area (Å²) in [5.74, 6) is 1.00. The van der Waals surface area contributed by atoms with Gasteiger partial charge in [0, 0.05) is 12.1 Å². The second kappa shape index (κ2) is 4.37. The molecule has 0 saturated heterocycles. The van der Waals surface area contributed by atoms with Crippen LogP contribution in [0.25, 0.3) is 0 Å². The van der Waals surface area contributed by atoms with Crippen LogP contribution in [-0.2, 0) is 0 Å². The molecule has 0 spiro atoms. The van der Waals surface area contributed by atoms with Crippen molar-refractivity contribution in [1.29, 1.82) is 0 Å². The molecule has 0 amide bonds. The highest BCUT2D eigenvalue weighted by Gasteiger charge is 2.02. The van der Waals surface area contributed by atoms with Gasteiger partial charge >= 0.3 is 0 Å². The number of hydrogen-bond donors (Lipinski definition) is 1. The van der Waals surface area contributed by atoms with Crippen LogP contribution in [0.15, 0.2) is 30.3 Å². The maximum Gasteiger partial charge on any atom is 0.238 e. The molecule has 0 atom stereocenters. The smallest absolute Gasteiger partial charge is 0.238 e. The van der Waals surface area contributed by atoms with Gasteiger partial charge in [-0.05, 0) is 25.1 Å².